The molecule has 0 aromatic heterocycles. The lowest BCUT2D eigenvalue weighted by Crippen LogP contribution is -2.12. The van der Waals surface area contributed by atoms with Crippen molar-refractivity contribution in [2.75, 3.05) is 0 Å². The molecule has 0 aromatic carbocycles. The summed E-state index contributed by atoms with van der Waals surface area (Å²) in [6, 6.07) is 0. The minimum absolute atomic E-state index is 0.232. The van der Waals surface area contributed by atoms with Crippen molar-refractivity contribution < 1.29 is 9.90 Å². The van der Waals surface area contributed by atoms with Gasteiger partial charge in [0, 0.05) is 0 Å². The van der Waals surface area contributed by atoms with Gasteiger partial charge in [0.25, 0.3) is 0 Å². The number of allylic oxidation sites excluding steroid dienone is 3. The maximum Gasteiger partial charge on any atom is 0.306 e. The van der Waals surface area contributed by atoms with Crippen molar-refractivity contribution in [3.63, 3.8) is 0 Å². The van der Waals surface area contributed by atoms with Gasteiger partial charge < -0.3 is 5.11 Å². The fraction of sp³-hybridized carbons (Fsp3) is 0.762. The third-order valence-electron chi connectivity index (χ3n) is 4.36. The Bertz CT molecular complexity index is 307. The molecule has 134 valence electrons. The van der Waals surface area contributed by atoms with Crippen molar-refractivity contribution in [3.8, 4) is 0 Å². The van der Waals surface area contributed by atoms with Crippen LogP contribution in [0.15, 0.2) is 24.8 Å². The van der Waals surface area contributed by atoms with E-state index in [0.717, 1.165) is 19.3 Å². The van der Waals surface area contributed by atoms with E-state index in [9.17, 15) is 4.79 Å². The van der Waals surface area contributed by atoms with Crippen LogP contribution in [-0.2, 0) is 4.79 Å². The van der Waals surface area contributed by atoms with Gasteiger partial charge in [0.15, 0.2) is 0 Å². The third kappa shape index (κ3) is 15.6. The molecule has 0 rings (SSSR count). The first-order chi connectivity index (χ1) is 11.2. The highest BCUT2D eigenvalue weighted by Crippen LogP contribution is 2.16. The average Bonchev–Trinajstić information content (AvgIpc) is 2.54. The monoisotopic (exact) mass is 322 g/mol. The number of hydrogen-bond donors (Lipinski definition) is 1. The first kappa shape index (κ1) is 21.9. The normalized spacial score (nSPS) is 12.6. The number of carboxylic acid groups (broad SMARTS) is 1. The Kier molecular flexibility index (Phi) is 16.5. The van der Waals surface area contributed by atoms with Gasteiger partial charge in [-0.25, -0.2) is 0 Å². The Labute approximate surface area is 144 Å². The number of aliphatic carboxylic acids is 1. The van der Waals surface area contributed by atoms with E-state index in [2.05, 4.69) is 25.7 Å². The molecule has 0 aliphatic carbocycles. The van der Waals surface area contributed by atoms with Crippen LogP contribution in [-0.4, -0.2) is 11.1 Å². The van der Waals surface area contributed by atoms with Gasteiger partial charge in [0.1, 0.15) is 0 Å². The zero-order valence-electron chi connectivity index (χ0n) is 15.3. The van der Waals surface area contributed by atoms with E-state index in [1.54, 1.807) is 6.08 Å². The second kappa shape index (κ2) is 17.3. The molecule has 0 aliphatic rings. The van der Waals surface area contributed by atoms with E-state index in [-0.39, 0.29) is 5.92 Å². The smallest absolute Gasteiger partial charge is 0.306 e. The van der Waals surface area contributed by atoms with E-state index in [1.165, 1.54) is 64.2 Å². The van der Waals surface area contributed by atoms with Crippen molar-refractivity contribution in [2.24, 2.45) is 5.92 Å². The summed E-state index contributed by atoms with van der Waals surface area (Å²) < 4.78 is 0. The summed E-state index contributed by atoms with van der Waals surface area (Å²) >= 11 is 0. The lowest BCUT2D eigenvalue weighted by molar-refractivity contribution is -0.141. The average molecular weight is 323 g/mol. The van der Waals surface area contributed by atoms with Crippen LogP contribution in [0.25, 0.3) is 0 Å². The standard InChI is InChI=1S/C21H38O2/c1-3-5-6-7-8-9-10-11-12-13-14-15-16-17-19-20(18-4-2)21(22)23/h4,11-12,20H,2-3,5-10,13-19H2,1H3,(H,22,23)/b12-11+. The zero-order valence-corrected chi connectivity index (χ0v) is 15.3. The molecular weight excluding hydrogens is 284 g/mol. The van der Waals surface area contributed by atoms with Crippen LogP contribution < -0.4 is 0 Å². The maximum absolute atomic E-state index is 11.0. The van der Waals surface area contributed by atoms with E-state index in [1.807, 2.05) is 0 Å². The summed E-state index contributed by atoms with van der Waals surface area (Å²) in [7, 11) is 0. The number of carbonyl (C=O) groups is 1. The highest BCUT2D eigenvalue weighted by Gasteiger charge is 2.14. The zero-order chi connectivity index (χ0) is 17.2. The Morgan fingerprint density at radius 1 is 0.913 bits per heavy atom. The van der Waals surface area contributed by atoms with Crippen LogP contribution in [0.5, 0.6) is 0 Å². The largest absolute Gasteiger partial charge is 0.481 e. The lowest BCUT2D eigenvalue weighted by Gasteiger charge is -2.09. The fourth-order valence-corrected chi connectivity index (χ4v) is 2.83. The minimum Gasteiger partial charge on any atom is -0.481 e. The van der Waals surface area contributed by atoms with Crippen LogP contribution in [0.2, 0.25) is 0 Å². The Morgan fingerprint density at radius 3 is 1.96 bits per heavy atom. The number of unbranched alkanes of at least 4 members (excludes halogenated alkanes) is 10. The predicted molar refractivity (Wildman–Crippen MR) is 101 cm³/mol. The minimum atomic E-state index is -0.678. The van der Waals surface area contributed by atoms with Gasteiger partial charge in [-0.2, -0.15) is 0 Å². The van der Waals surface area contributed by atoms with Gasteiger partial charge in [-0.1, -0.05) is 76.5 Å². The van der Waals surface area contributed by atoms with Gasteiger partial charge in [-0.3, -0.25) is 4.79 Å². The number of hydrogen-bond acceptors (Lipinski definition) is 1. The Hall–Kier alpha value is -1.05. The van der Waals surface area contributed by atoms with Gasteiger partial charge in [-0.15, -0.1) is 6.58 Å². The molecule has 1 atom stereocenters. The molecule has 0 saturated carbocycles. The lowest BCUT2D eigenvalue weighted by atomic mass is 9.97. The summed E-state index contributed by atoms with van der Waals surface area (Å²) in [6.07, 6.45) is 23.0. The van der Waals surface area contributed by atoms with Gasteiger partial charge in [0.05, 0.1) is 5.92 Å². The summed E-state index contributed by atoms with van der Waals surface area (Å²) in [5.41, 5.74) is 0. The van der Waals surface area contributed by atoms with E-state index in [0.29, 0.717) is 6.42 Å². The molecule has 23 heavy (non-hydrogen) atoms. The van der Waals surface area contributed by atoms with Gasteiger partial charge in [-0.05, 0) is 38.5 Å². The predicted octanol–water partition coefficient (Wildman–Crippen LogP) is 6.91. The van der Waals surface area contributed by atoms with Crippen molar-refractivity contribution >= 4 is 5.97 Å². The Balaban J connectivity index is 3.33. The summed E-state index contributed by atoms with van der Waals surface area (Å²) in [5, 5.41) is 9.05. The van der Waals surface area contributed by atoms with Crippen LogP contribution >= 0.6 is 0 Å². The first-order valence-electron chi connectivity index (χ1n) is 9.71. The fourth-order valence-electron chi connectivity index (χ4n) is 2.83. The summed E-state index contributed by atoms with van der Waals surface area (Å²) in [5.74, 6) is -0.910. The molecule has 2 nitrogen and oxygen atoms in total. The molecule has 0 heterocycles. The highest BCUT2D eigenvalue weighted by atomic mass is 16.4. The Morgan fingerprint density at radius 2 is 1.43 bits per heavy atom. The molecule has 0 aliphatic heterocycles. The molecule has 0 aromatic rings. The summed E-state index contributed by atoms with van der Waals surface area (Å²) in [6.45, 7) is 5.89. The van der Waals surface area contributed by atoms with Crippen molar-refractivity contribution in [1.82, 2.24) is 0 Å². The highest BCUT2D eigenvalue weighted by molar-refractivity contribution is 5.70. The third-order valence-corrected chi connectivity index (χ3v) is 4.36. The molecule has 2 heteroatoms. The second-order valence-electron chi connectivity index (χ2n) is 6.58. The molecule has 0 amide bonds. The number of rotatable bonds is 17. The van der Waals surface area contributed by atoms with E-state index >= 15 is 0 Å². The number of carboxylic acids is 1. The van der Waals surface area contributed by atoms with Crippen molar-refractivity contribution in [1.29, 1.82) is 0 Å². The van der Waals surface area contributed by atoms with Gasteiger partial charge >= 0.3 is 5.97 Å². The molecule has 0 bridgehead atoms. The van der Waals surface area contributed by atoms with Crippen LogP contribution in [0.3, 0.4) is 0 Å². The van der Waals surface area contributed by atoms with Crippen LogP contribution in [0.1, 0.15) is 96.8 Å². The molecule has 0 radical (unpaired) electrons. The second-order valence-corrected chi connectivity index (χ2v) is 6.58. The summed E-state index contributed by atoms with van der Waals surface area (Å²) in [4.78, 5) is 11.0. The van der Waals surface area contributed by atoms with Crippen molar-refractivity contribution in [3.05, 3.63) is 24.8 Å². The van der Waals surface area contributed by atoms with Gasteiger partial charge in [0.2, 0.25) is 0 Å². The SMILES string of the molecule is C=CCC(CCCCCC/C=C/CCCCCCCC)C(=O)O. The molecule has 0 saturated heterocycles. The quantitative estimate of drug-likeness (QED) is 0.233. The van der Waals surface area contributed by atoms with E-state index < -0.39 is 5.97 Å². The molecule has 0 fully saturated rings. The van der Waals surface area contributed by atoms with Crippen molar-refractivity contribution in [2.45, 2.75) is 96.8 Å². The molecule has 0 spiro atoms. The topological polar surface area (TPSA) is 37.3 Å². The maximum atomic E-state index is 11.0. The molecule has 1 unspecified atom stereocenters. The van der Waals surface area contributed by atoms with E-state index in [4.69, 9.17) is 5.11 Å². The first-order valence-corrected chi connectivity index (χ1v) is 9.71. The van der Waals surface area contributed by atoms with Crippen LogP contribution in [0, 0.1) is 5.92 Å². The molecular formula is C21H38O2. The van der Waals surface area contributed by atoms with Crippen LogP contribution in [0.4, 0.5) is 0 Å². The molecule has 1 N–H and O–H groups in total.